The van der Waals surface area contributed by atoms with Crippen molar-refractivity contribution >= 4 is 16.6 Å². The fourth-order valence-electron chi connectivity index (χ4n) is 3.82. The van der Waals surface area contributed by atoms with Crippen molar-refractivity contribution in [1.29, 1.82) is 0 Å². The van der Waals surface area contributed by atoms with Crippen molar-refractivity contribution in [2.75, 3.05) is 18.4 Å². The summed E-state index contributed by atoms with van der Waals surface area (Å²) < 4.78 is 1.82. The molecule has 3 aromatic rings. The van der Waals surface area contributed by atoms with E-state index in [2.05, 4.69) is 58.1 Å². The number of pyridine rings is 1. The normalized spacial score (nSPS) is 17.9. The summed E-state index contributed by atoms with van der Waals surface area (Å²) in [6.45, 7) is 8.55. The lowest BCUT2D eigenvalue weighted by molar-refractivity contribution is 0.175. The molecular formula is C22H27N5. The van der Waals surface area contributed by atoms with Gasteiger partial charge in [-0.15, -0.1) is 0 Å². The number of aryl methyl sites for hydroxylation is 1. The van der Waals surface area contributed by atoms with E-state index in [1.54, 1.807) is 0 Å². The van der Waals surface area contributed by atoms with Gasteiger partial charge in [-0.3, -0.25) is 9.58 Å². The SMILES string of the molecule is C=C(CN1CCCCC1C)Nc1cc2cc(-c3cnn(C)c3)ccc2cn1. The first-order chi connectivity index (χ1) is 13.1. The molecule has 5 nitrogen and oxygen atoms in total. The van der Waals surface area contributed by atoms with E-state index in [4.69, 9.17) is 0 Å². The summed E-state index contributed by atoms with van der Waals surface area (Å²) in [7, 11) is 1.94. The Morgan fingerprint density at radius 3 is 2.85 bits per heavy atom. The van der Waals surface area contributed by atoms with Crippen molar-refractivity contribution in [3.05, 3.63) is 55.1 Å². The van der Waals surface area contributed by atoms with Gasteiger partial charge in [0, 0.05) is 48.7 Å². The molecule has 0 radical (unpaired) electrons. The number of benzene rings is 1. The van der Waals surface area contributed by atoms with E-state index in [1.165, 1.54) is 19.3 Å². The maximum atomic E-state index is 4.56. The molecule has 0 amide bonds. The van der Waals surface area contributed by atoms with Gasteiger partial charge in [-0.1, -0.05) is 25.1 Å². The van der Waals surface area contributed by atoms with Crippen LogP contribution in [0.15, 0.2) is 55.1 Å². The summed E-state index contributed by atoms with van der Waals surface area (Å²) in [6.07, 6.45) is 9.73. The first-order valence-electron chi connectivity index (χ1n) is 9.66. The Morgan fingerprint density at radius 2 is 2.07 bits per heavy atom. The molecule has 0 bridgehead atoms. The van der Waals surface area contributed by atoms with Crippen LogP contribution >= 0.6 is 0 Å². The molecule has 1 N–H and O–H groups in total. The van der Waals surface area contributed by atoms with Gasteiger partial charge in [-0.05, 0) is 49.4 Å². The van der Waals surface area contributed by atoms with Gasteiger partial charge in [-0.2, -0.15) is 5.10 Å². The monoisotopic (exact) mass is 361 g/mol. The minimum absolute atomic E-state index is 0.629. The summed E-state index contributed by atoms with van der Waals surface area (Å²) in [5.41, 5.74) is 3.28. The van der Waals surface area contributed by atoms with Gasteiger partial charge < -0.3 is 5.32 Å². The van der Waals surface area contributed by atoms with Gasteiger partial charge in [0.25, 0.3) is 0 Å². The van der Waals surface area contributed by atoms with Crippen molar-refractivity contribution in [3.8, 4) is 11.1 Å². The third kappa shape index (κ3) is 4.03. The van der Waals surface area contributed by atoms with Gasteiger partial charge in [0.15, 0.2) is 0 Å². The molecule has 5 heteroatoms. The Kier molecular flexibility index (Phi) is 4.94. The zero-order valence-corrected chi connectivity index (χ0v) is 16.2. The van der Waals surface area contributed by atoms with E-state index in [-0.39, 0.29) is 0 Å². The van der Waals surface area contributed by atoms with Gasteiger partial charge in [-0.25, -0.2) is 4.98 Å². The largest absolute Gasteiger partial charge is 0.343 e. The second-order valence-electron chi connectivity index (χ2n) is 7.58. The Bertz CT molecular complexity index is 958. The number of nitrogens with zero attached hydrogens (tertiary/aromatic N) is 4. The zero-order valence-electron chi connectivity index (χ0n) is 16.2. The Hall–Kier alpha value is -2.66. The fourth-order valence-corrected chi connectivity index (χ4v) is 3.82. The lowest BCUT2D eigenvalue weighted by atomic mass is 10.0. The maximum absolute atomic E-state index is 4.56. The molecule has 1 aliphatic heterocycles. The van der Waals surface area contributed by atoms with Crippen molar-refractivity contribution in [2.24, 2.45) is 7.05 Å². The van der Waals surface area contributed by atoms with E-state index in [9.17, 15) is 0 Å². The average molecular weight is 361 g/mol. The molecule has 3 heterocycles. The van der Waals surface area contributed by atoms with Crippen LogP contribution in [0.3, 0.4) is 0 Å². The van der Waals surface area contributed by atoms with Crippen LogP contribution < -0.4 is 5.32 Å². The van der Waals surface area contributed by atoms with Crippen LogP contribution in [0.5, 0.6) is 0 Å². The zero-order chi connectivity index (χ0) is 18.8. The summed E-state index contributed by atoms with van der Waals surface area (Å²) in [6, 6.07) is 9.14. The van der Waals surface area contributed by atoms with Crippen LogP contribution in [0.1, 0.15) is 26.2 Å². The lowest BCUT2D eigenvalue weighted by Crippen LogP contribution is -2.39. The Balaban J connectivity index is 1.51. The summed E-state index contributed by atoms with van der Waals surface area (Å²) in [5.74, 6) is 0.848. The standard InChI is InChI=1S/C22H27N5/c1-16(14-27-9-5-4-6-17(27)2)25-22-11-20-10-18(7-8-19(20)12-23-22)21-13-24-26(3)15-21/h7-8,10-13,15,17H,1,4-6,9,14H2,2-3H3,(H,23,25). The second-order valence-corrected chi connectivity index (χ2v) is 7.58. The quantitative estimate of drug-likeness (QED) is 0.730. The molecule has 0 spiro atoms. The number of aromatic nitrogens is 3. The third-order valence-corrected chi connectivity index (χ3v) is 5.40. The third-order valence-electron chi connectivity index (χ3n) is 5.40. The van der Waals surface area contributed by atoms with Gasteiger partial charge >= 0.3 is 0 Å². The molecule has 1 unspecified atom stereocenters. The van der Waals surface area contributed by atoms with Gasteiger partial charge in [0.05, 0.1) is 6.20 Å². The van der Waals surface area contributed by atoms with Crippen LogP contribution in [0.4, 0.5) is 5.82 Å². The topological polar surface area (TPSA) is 46.0 Å². The molecule has 0 aliphatic carbocycles. The summed E-state index contributed by atoms with van der Waals surface area (Å²) >= 11 is 0. The highest BCUT2D eigenvalue weighted by Crippen LogP contribution is 2.25. The van der Waals surface area contributed by atoms with Gasteiger partial charge in [0.1, 0.15) is 5.82 Å². The molecule has 4 rings (SSSR count). The summed E-state index contributed by atoms with van der Waals surface area (Å²) in [4.78, 5) is 7.06. The Labute approximate surface area is 160 Å². The van der Waals surface area contributed by atoms with Gasteiger partial charge in [0.2, 0.25) is 0 Å². The molecule has 1 aromatic carbocycles. The van der Waals surface area contributed by atoms with Crippen LogP contribution in [0.25, 0.3) is 21.9 Å². The van der Waals surface area contributed by atoms with Crippen LogP contribution in [-0.2, 0) is 7.05 Å². The van der Waals surface area contributed by atoms with E-state index < -0.39 is 0 Å². The highest BCUT2D eigenvalue weighted by molar-refractivity contribution is 5.88. The van der Waals surface area contributed by atoms with Crippen LogP contribution in [-0.4, -0.2) is 38.8 Å². The molecule has 140 valence electrons. The molecule has 0 saturated carbocycles. The number of nitrogens with one attached hydrogen (secondary N) is 1. The minimum Gasteiger partial charge on any atom is -0.343 e. The van der Waals surface area contributed by atoms with E-state index in [0.29, 0.717) is 6.04 Å². The predicted molar refractivity (Wildman–Crippen MR) is 112 cm³/mol. The van der Waals surface area contributed by atoms with Crippen molar-refractivity contribution in [1.82, 2.24) is 19.7 Å². The molecule has 2 aromatic heterocycles. The molecule has 1 atom stereocenters. The number of anilines is 1. The molecule has 1 fully saturated rings. The predicted octanol–water partition coefficient (Wildman–Crippen LogP) is 4.44. The van der Waals surface area contributed by atoms with Crippen LogP contribution in [0.2, 0.25) is 0 Å². The number of hydrogen-bond donors (Lipinski definition) is 1. The molecule has 1 aliphatic rings. The van der Waals surface area contributed by atoms with E-state index in [0.717, 1.165) is 46.5 Å². The number of rotatable bonds is 5. The molecule has 1 saturated heterocycles. The first kappa shape index (κ1) is 17.7. The second kappa shape index (κ2) is 7.53. The number of piperidine rings is 1. The number of likely N-dealkylation sites (tertiary alicyclic amines) is 1. The lowest BCUT2D eigenvalue weighted by Gasteiger charge is -2.33. The fraction of sp³-hybridized carbons (Fsp3) is 0.364. The first-order valence-corrected chi connectivity index (χ1v) is 9.66. The molecular weight excluding hydrogens is 334 g/mol. The smallest absolute Gasteiger partial charge is 0.130 e. The number of fused-ring (bicyclic) bond motifs is 1. The number of hydrogen-bond acceptors (Lipinski definition) is 4. The Morgan fingerprint density at radius 1 is 1.19 bits per heavy atom. The van der Waals surface area contributed by atoms with Crippen molar-refractivity contribution in [3.63, 3.8) is 0 Å². The maximum Gasteiger partial charge on any atom is 0.130 e. The van der Waals surface area contributed by atoms with E-state index in [1.807, 2.05) is 30.3 Å². The average Bonchev–Trinajstić information content (AvgIpc) is 3.09. The molecule has 27 heavy (non-hydrogen) atoms. The highest BCUT2D eigenvalue weighted by atomic mass is 15.2. The highest BCUT2D eigenvalue weighted by Gasteiger charge is 2.18. The van der Waals surface area contributed by atoms with Crippen LogP contribution in [0, 0.1) is 0 Å². The van der Waals surface area contributed by atoms with Crippen molar-refractivity contribution < 1.29 is 0 Å². The van der Waals surface area contributed by atoms with E-state index >= 15 is 0 Å². The summed E-state index contributed by atoms with van der Waals surface area (Å²) in [5, 5.41) is 9.96. The minimum atomic E-state index is 0.629. The van der Waals surface area contributed by atoms with Crippen molar-refractivity contribution in [2.45, 2.75) is 32.2 Å².